The molecule has 4 nitrogen and oxygen atoms in total. The van der Waals surface area contributed by atoms with Gasteiger partial charge in [0.1, 0.15) is 0 Å². The molecule has 0 aliphatic carbocycles. The smallest absolute Gasteiger partial charge is 0.337 e. The molecule has 0 aliphatic rings. The van der Waals surface area contributed by atoms with Crippen LogP contribution >= 0.6 is 0 Å². The number of carboxylic acids is 1. The fourth-order valence-corrected chi connectivity index (χ4v) is 3.30. The Kier molecular flexibility index (Phi) is 5.47. The predicted octanol–water partition coefficient (Wildman–Crippen LogP) is 4.07. The maximum absolute atomic E-state index is 11.8. The summed E-state index contributed by atoms with van der Waals surface area (Å²) in [6.45, 7) is 9.91. The first-order chi connectivity index (χ1) is 10.9. The van der Waals surface area contributed by atoms with Crippen LogP contribution in [0.15, 0.2) is 12.1 Å². The molecule has 3 N–H and O–H groups in total. The summed E-state index contributed by atoms with van der Waals surface area (Å²) in [5.74, 6) is -0.549. The first kappa shape index (κ1) is 17.5. The Morgan fingerprint density at radius 1 is 1.35 bits per heavy atom. The van der Waals surface area contributed by atoms with Crippen LogP contribution < -0.4 is 5.73 Å². The minimum atomic E-state index is -0.849. The van der Waals surface area contributed by atoms with Gasteiger partial charge in [0.15, 0.2) is 0 Å². The molecule has 2 rings (SSSR count). The molecule has 0 unspecified atom stereocenters. The third-order valence-electron chi connectivity index (χ3n) is 4.54. The van der Waals surface area contributed by atoms with Gasteiger partial charge in [-0.05, 0) is 61.9 Å². The molecule has 126 valence electrons. The van der Waals surface area contributed by atoms with Crippen LogP contribution in [0.3, 0.4) is 0 Å². The second kappa shape index (κ2) is 7.18. The summed E-state index contributed by atoms with van der Waals surface area (Å²) in [5.41, 5.74) is 10.5. The fraction of sp³-hybridized carbons (Fsp3) is 0.526. The van der Waals surface area contributed by atoms with Gasteiger partial charge in [0, 0.05) is 17.6 Å². The Hall–Kier alpha value is -1.81. The molecule has 0 radical (unpaired) electrons. The second-order valence-corrected chi connectivity index (χ2v) is 6.53. The lowest BCUT2D eigenvalue weighted by molar-refractivity contribution is 0.0698. The van der Waals surface area contributed by atoms with Crippen molar-refractivity contribution in [3.63, 3.8) is 0 Å². The van der Waals surface area contributed by atoms with E-state index in [2.05, 4.69) is 38.3 Å². The van der Waals surface area contributed by atoms with E-state index in [1.165, 1.54) is 11.3 Å². The van der Waals surface area contributed by atoms with Crippen LogP contribution in [-0.4, -0.2) is 22.2 Å². The van der Waals surface area contributed by atoms with E-state index in [-0.39, 0.29) is 0 Å². The fourth-order valence-electron chi connectivity index (χ4n) is 3.30. The van der Waals surface area contributed by atoms with Gasteiger partial charge in [-0.25, -0.2) is 4.79 Å². The lowest BCUT2D eigenvalue weighted by Gasteiger charge is -2.11. The van der Waals surface area contributed by atoms with Crippen molar-refractivity contribution in [2.24, 2.45) is 5.73 Å². The van der Waals surface area contributed by atoms with Gasteiger partial charge in [-0.15, -0.1) is 0 Å². The van der Waals surface area contributed by atoms with Crippen molar-refractivity contribution >= 4 is 16.9 Å². The molecule has 0 saturated heterocycles. The standard InChI is InChI=1S/C19H28N2O2/c1-5-9-21-13(4)15(7-6-8-20)16-10-14(12(2)3)11-17(18(16)21)19(22)23/h10-12H,5-9,20H2,1-4H3,(H,22,23). The largest absolute Gasteiger partial charge is 0.478 e. The lowest BCUT2D eigenvalue weighted by atomic mass is 9.95. The Morgan fingerprint density at radius 2 is 2.04 bits per heavy atom. The minimum absolute atomic E-state index is 0.301. The summed E-state index contributed by atoms with van der Waals surface area (Å²) in [6.07, 6.45) is 2.79. The van der Waals surface area contributed by atoms with Crippen molar-refractivity contribution < 1.29 is 9.90 Å². The average molecular weight is 316 g/mol. The van der Waals surface area contributed by atoms with Crippen LogP contribution in [0.4, 0.5) is 0 Å². The molecule has 0 fully saturated rings. The summed E-state index contributed by atoms with van der Waals surface area (Å²) in [5, 5.41) is 10.8. The van der Waals surface area contributed by atoms with Crippen molar-refractivity contribution in [2.75, 3.05) is 6.54 Å². The first-order valence-corrected chi connectivity index (χ1v) is 8.51. The van der Waals surface area contributed by atoms with Gasteiger partial charge in [0.25, 0.3) is 0 Å². The van der Waals surface area contributed by atoms with Gasteiger partial charge >= 0.3 is 5.97 Å². The summed E-state index contributed by atoms with van der Waals surface area (Å²) in [7, 11) is 0. The van der Waals surface area contributed by atoms with E-state index >= 15 is 0 Å². The van der Waals surface area contributed by atoms with Crippen LogP contribution in [0.1, 0.15) is 66.7 Å². The zero-order valence-electron chi connectivity index (χ0n) is 14.6. The number of hydrogen-bond acceptors (Lipinski definition) is 2. The van der Waals surface area contributed by atoms with Gasteiger partial charge in [0.2, 0.25) is 0 Å². The van der Waals surface area contributed by atoms with E-state index in [0.29, 0.717) is 18.0 Å². The number of benzene rings is 1. The van der Waals surface area contributed by atoms with Gasteiger partial charge in [-0.1, -0.05) is 20.8 Å². The second-order valence-electron chi connectivity index (χ2n) is 6.53. The number of rotatable bonds is 7. The number of nitrogens with two attached hydrogens (primary N) is 1. The lowest BCUT2D eigenvalue weighted by Crippen LogP contribution is -2.06. The van der Waals surface area contributed by atoms with Crippen molar-refractivity contribution in [3.05, 3.63) is 34.5 Å². The SMILES string of the molecule is CCCn1c(C)c(CCCN)c2cc(C(C)C)cc(C(=O)O)c21. The topological polar surface area (TPSA) is 68.2 Å². The quantitative estimate of drug-likeness (QED) is 0.809. The Morgan fingerprint density at radius 3 is 2.57 bits per heavy atom. The molecule has 0 bridgehead atoms. The molecule has 1 aromatic heterocycles. The third-order valence-corrected chi connectivity index (χ3v) is 4.54. The number of fused-ring (bicyclic) bond motifs is 1. The zero-order chi connectivity index (χ0) is 17.1. The van der Waals surface area contributed by atoms with Crippen LogP contribution in [0.25, 0.3) is 10.9 Å². The molecule has 23 heavy (non-hydrogen) atoms. The van der Waals surface area contributed by atoms with E-state index in [4.69, 9.17) is 5.73 Å². The summed E-state index contributed by atoms with van der Waals surface area (Å²) >= 11 is 0. The summed E-state index contributed by atoms with van der Waals surface area (Å²) < 4.78 is 2.18. The highest BCUT2D eigenvalue weighted by Crippen LogP contribution is 2.33. The predicted molar refractivity (Wildman–Crippen MR) is 95.4 cm³/mol. The number of aryl methyl sites for hydroxylation is 2. The number of nitrogens with zero attached hydrogens (tertiary/aromatic N) is 1. The van der Waals surface area contributed by atoms with Crippen molar-refractivity contribution in [3.8, 4) is 0 Å². The number of hydrogen-bond donors (Lipinski definition) is 2. The number of carbonyl (C=O) groups is 1. The van der Waals surface area contributed by atoms with Crippen LogP contribution in [0, 0.1) is 6.92 Å². The molecule has 4 heteroatoms. The number of carboxylic acid groups (broad SMARTS) is 1. The van der Waals surface area contributed by atoms with Crippen molar-refractivity contribution in [1.82, 2.24) is 4.57 Å². The number of aromatic carboxylic acids is 1. The molecular formula is C19H28N2O2. The molecule has 0 aliphatic heterocycles. The Labute approximate surface area is 138 Å². The van der Waals surface area contributed by atoms with Gasteiger partial charge in [-0.2, -0.15) is 0 Å². The highest BCUT2D eigenvalue weighted by atomic mass is 16.4. The van der Waals surface area contributed by atoms with E-state index < -0.39 is 5.97 Å². The molecule has 1 heterocycles. The van der Waals surface area contributed by atoms with Gasteiger partial charge in [0.05, 0.1) is 11.1 Å². The monoisotopic (exact) mass is 316 g/mol. The molecule has 0 atom stereocenters. The van der Waals surface area contributed by atoms with E-state index in [9.17, 15) is 9.90 Å². The van der Waals surface area contributed by atoms with E-state index in [1.54, 1.807) is 0 Å². The normalized spacial score (nSPS) is 11.6. The highest BCUT2D eigenvalue weighted by Gasteiger charge is 2.21. The van der Waals surface area contributed by atoms with E-state index in [0.717, 1.165) is 42.3 Å². The maximum Gasteiger partial charge on any atom is 0.337 e. The molecule has 2 aromatic rings. The van der Waals surface area contributed by atoms with Crippen LogP contribution in [0.2, 0.25) is 0 Å². The van der Waals surface area contributed by atoms with Crippen LogP contribution in [0.5, 0.6) is 0 Å². The number of aromatic nitrogens is 1. The first-order valence-electron chi connectivity index (χ1n) is 8.51. The maximum atomic E-state index is 11.8. The highest BCUT2D eigenvalue weighted by molar-refractivity contribution is 6.04. The molecular weight excluding hydrogens is 288 g/mol. The molecule has 0 saturated carbocycles. The Bertz CT molecular complexity index is 714. The van der Waals surface area contributed by atoms with Crippen LogP contribution in [-0.2, 0) is 13.0 Å². The average Bonchev–Trinajstić information content (AvgIpc) is 2.77. The molecule has 0 amide bonds. The zero-order valence-corrected chi connectivity index (χ0v) is 14.6. The van der Waals surface area contributed by atoms with E-state index in [1.807, 2.05) is 6.07 Å². The summed E-state index contributed by atoms with van der Waals surface area (Å²) in [6, 6.07) is 4.02. The minimum Gasteiger partial charge on any atom is -0.478 e. The molecule has 0 spiro atoms. The van der Waals surface area contributed by atoms with Crippen molar-refractivity contribution in [1.29, 1.82) is 0 Å². The van der Waals surface area contributed by atoms with Crippen molar-refractivity contribution in [2.45, 2.75) is 59.4 Å². The van der Waals surface area contributed by atoms with Gasteiger partial charge in [-0.3, -0.25) is 0 Å². The van der Waals surface area contributed by atoms with Gasteiger partial charge < -0.3 is 15.4 Å². The molecule has 1 aromatic carbocycles. The summed E-state index contributed by atoms with van der Waals surface area (Å²) in [4.78, 5) is 11.8. The Balaban J connectivity index is 2.83. The third kappa shape index (κ3) is 3.27.